The van der Waals surface area contributed by atoms with E-state index in [4.69, 9.17) is 4.74 Å². The third-order valence-electron chi connectivity index (χ3n) is 3.39. The number of aromatic amines is 1. The van der Waals surface area contributed by atoms with Crippen LogP contribution < -0.4 is 4.73 Å². The van der Waals surface area contributed by atoms with Crippen LogP contribution in [0.25, 0.3) is 11.0 Å². The molecule has 0 atom stereocenters. The summed E-state index contributed by atoms with van der Waals surface area (Å²) in [6.07, 6.45) is 0. The summed E-state index contributed by atoms with van der Waals surface area (Å²) >= 11 is 0. The van der Waals surface area contributed by atoms with E-state index in [-0.39, 0.29) is 5.91 Å². The van der Waals surface area contributed by atoms with Gasteiger partial charge in [-0.05, 0) is 6.07 Å². The molecule has 1 saturated heterocycles. The van der Waals surface area contributed by atoms with Crippen molar-refractivity contribution in [3.8, 4) is 0 Å². The molecule has 100 valence electrons. The second kappa shape index (κ2) is 4.55. The molecular weight excluding hydrogens is 246 g/mol. The largest absolute Gasteiger partial charge is 0.618 e. The molecule has 2 aromatic heterocycles. The number of carbonyl (C=O) groups excluding carboxylic acids is 1. The number of rotatable bonds is 1. The fourth-order valence-corrected chi connectivity index (χ4v) is 2.27. The minimum Gasteiger partial charge on any atom is -0.618 e. The maximum Gasteiger partial charge on any atom is 0.270 e. The quantitative estimate of drug-likeness (QED) is 0.603. The predicted molar refractivity (Wildman–Crippen MR) is 68.7 cm³/mol. The Morgan fingerprint density at radius 2 is 2.16 bits per heavy atom. The Morgan fingerprint density at radius 3 is 2.89 bits per heavy atom. The summed E-state index contributed by atoms with van der Waals surface area (Å²) in [6.45, 7) is 4.04. The molecular formula is C13H15N3O3. The first-order valence-corrected chi connectivity index (χ1v) is 6.26. The molecule has 1 amide bonds. The second-order valence-electron chi connectivity index (χ2n) is 4.66. The zero-order chi connectivity index (χ0) is 13.4. The van der Waals surface area contributed by atoms with Gasteiger partial charge in [0.2, 0.25) is 5.52 Å². The third-order valence-corrected chi connectivity index (χ3v) is 3.39. The molecule has 0 aromatic carbocycles. The number of aryl methyl sites for hydroxylation is 1. The van der Waals surface area contributed by atoms with E-state index in [0.717, 1.165) is 4.73 Å². The molecule has 0 unspecified atom stereocenters. The number of nitrogens with one attached hydrogen (secondary N) is 1. The van der Waals surface area contributed by atoms with Crippen molar-refractivity contribution in [2.24, 2.45) is 0 Å². The molecule has 1 aliphatic heterocycles. The van der Waals surface area contributed by atoms with Crippen LogP contribution in [-0.2, 0) is 4.74 Å². The van der Waals surface area contributed by atoms with E-state index in [1.165, 1.54) is 0 Å². The molecule has 0 spiro atoms. The number of hydrogen-bond acceptors (Lipinski definition) is 3. The highest BCUT2D eigenvalue weighted by atomic mass is 16.5. The number of pyridine rings is 1. The van der Waals surface area contributed by atoms with E-state index in [9.17, 15) is 10.0 Å². The van der Waals surface area contributed by atoms with Gasteiger partial charge in [0.25, 0.3) is 5.91 Å². The number of fused-ring (bicyclic) bond motifs is 1. The predicted octanol–water partition coefficient (Wildman–Crippen LogP) is 0.582. The molecule has 0 saturated carbocycles. The number of nitrogens with zero attached hydrogens (tertiary/aromatic N) is 2. The Bertz CT molecular complexity index is 629. The van der Waals surface area contributed by atoms with Gasteiger partial charge < -0.3 is 19.8 Å². The zero-order valence-corrected chi connectivity index (χ0v) is 10.7. The van der Waals surface area contributed by atoms with E-state index < -0.39 is 0 Å². The Balaban J connectivity index is 1.96. The molecule has 3 heterocycles. The molecule has 1 aliphatic rings. The van der Waals surface area contributed by atoms with Crippen LogP contribution in [-0.4, -0.2) is 42.1 Å². The highest BCUT2D eigenvalue weighted by molar-refractivity contribution is 5.96. The van der Waals surface area contributed by atoms with Gasteiger partial charge in [-0.2, -0.15) is 4.73 Å². The molecule has 6 heteroatoms. The fourth-order valence-electron chi connectivity index (χ4n) is 2.27. The molecule has 1 N–H and O–H groups in total. The summed E-state index contributed by atoms with van der Waals surface area (Å²) in [5, 5.41) is 11.9. The molecule has 3 rings (SSSR count). The van der Waals surface area contributed by atoms with Crippen LogP contribution in [0.4, 0.5) is 0 Å². The average molecular weight is 261 g/mol. The summed E-state index contributed by atoms with van der Waals surface area (Å²) in [6, 6.07) is 5.16. The summed E-state index contributed by atoms with van der Waals surface area (Å²) < 4.78 is 6.06. The number of H-pyrrole nitrogens is 1. The van der Waals surface area contributed by atoms with Gasteiger partial charge in [-0.15, -0.1) is 0 Å². The van der Waals surface area contributed by atoms with Gasteiger partial charge in [-0.1, -0.05) is 0 Å². The van der Waals surface area contributed by atoms with Gasteiger partial charge in [0.15, 0.2) is 5.69 Å². The lowest BCUT2D eigenvalue weighted by Crippen LogP contribution is -2.40. The van der Waals surface area contributed by atoms with Gasteiger partial charge in [-0.25, -0.2) is 0 Å². The highest BCUT2D eigenvalue weighted by Crippen LogP contribution is 2.14. The third kappa shape index (κ3) is 2.04. The average Bonchev–Trinajstić information content (AvgIpc) is 2.88. The van der Waals surface area contributed by atoms with E-state index in [0.29, 0.717) is 48.7 Å². The van der Waals surface area contributed by atoms with Crippen LogP contribution in [0.15, 0.2) is 18.2 Å². The van der Waals surface area contributed by atoms with Crippen LogP contribution in [0.2, 0.25) is 0 Å². The lowest BCUT2D eigenvalue weighted by Gasteiger charge is -2.26. The topological polar surface area (TPSA) is 72.3 Å². The lowest BCUT2D eigenvalue weighted by atomic mass is 10.3. The van der Waals surface area contributed by atoms with Gasteiger partial charge in [0.1, 0.15) is 11.2 Å². The van der Waals surface area contributed by atoms with Crippen molar-refractivity contribution in [1.82, 2.24) is 9.88 Å². The maximum absolute atomic E-state index is 12.3. The molecule has 0 aliphatic carbocycles. The molecule has 6 nitrogen and oxygen atoms in total. The van der Waals surface area contributed by atoms with E-state index in [1.54, 1.807) is 24.0 Å². The van der Waals surface area contributed by atoms with Crippen molar-refractivity contribution in [2.45, 2.75) is 6.92 Å². The number of morpholine rings is 1. The Labute approximate surface area is 110 Å². The number of amides is 1. The minimum atomic E-state index is -0.0860. The van der Waals surface area contributed by atoms with Gasteiger partial charge in [0.05, 0.1) is 13.2 Å². The summed E-state index contributed by atoms with van der Waals surface area (Å²) in [5.74, 6) is -0.0860. The fraction of sp³-hybridized carbons (Fsp3) is 0.385. The number of carbonyl (C=O) groups is 1. The molecule has 19 heavy (non-hydrogen) atoms. The molecule has 0 radical (unpaired) electrons. The molecule has 0 bridgehead atoms. The lowest BCUT2D eigenvalue weighted by molar-refractivity contribution is -0.584. The summed E-state index contributed by atoms with van der Waals surface area (Å²) in [7, 11) is 0. The molecule has 2 aromatic rings. The van der Waals surface area contributed by atoms with Crippen LogP contribution in [0.5, 0.6) is 0 Å². The van der Waals surface area contributed by atoms with Crippen molar-refractivity contribution >= 4 is 16.9 Å². The number of ether oxygens (including phenoxy) is 1. The van der Waals surface area contributed by atoms with Gasteiger partial charge in [-0.3, -0.25) is 4.79 Å². The monoisotopic (exact) mass is 261 g/mol. The zero-order valence-electron chi connectivity index (χ0n) is 10.7. The van der Waals surface area contributed by atoms with Crippen LogP contribution in [0, 0.1) is 12.1 Å². The Kier molecular flexibility index (Phi) is 2.87. The van der Waals surface area contributed by atoms with Crippen LogP contribution in [0.1, 0.15) is 16.2 Å². The highest BCUT2D eigenvalue weighted by Gasteiger charge is 2.22. The first-order valence-electron chi connectivity index (χ1n) is 6.26. The second-order valence-corrected chi connectivity index (χ2v) is 4.66. The van der Waals surface area contributed by atoms with Crippen LogP contribution in [0.3, 0.4) is 0 Å². The van der Waals surface area contributed by atoms with Crippen molar-refractivity contribution < 1.29 is 14.3 Å². The number of aromatic nitrogens is 2. The van der Waals surface area contributed by atoms with Crippen LogP contribution >= 0.6 is 0 Å². The first kappa shape index (κ1) is 12.0. The van der Waals surface area contributed by atoms with E-state index in [1.807, 2.05) is 6.07 Å². The Morgan fingerprint density at radius 1 is 1.42 bits per heavy atom. The first-order chi connectivity index (χ1) is 9.16. The van der Waals surface area contributed by atoms with Crippen molar-refractivity contribution in [2.75, 3.05) is 26.3 Å². The number of hydrogen-bond donors (Lipinski definition) is 1. The van der Waals surface area contributed by atoms with Crippen molar-refractivity contribution in [3.63, 3.8) is 0 Å². The SMILES string of the molecule is Cc1ccc2[nH]c(C(=O)N3CCOCC3)cc2[n+]1[O-]. The Hall–Kier alpha value is -2.08. The smallest absolute Gasteiger partial charge is 0.270 e. The van der Waals surface area contributed by atoms with E-state index >= 15 is 0 Å². The van der Waals surface area contributed by atoms with Gasteiger partial charge >= 0.3 is 0 Å². The van der Waals surface area contributed by atoms with Crippen molar-refractivity contribution in [1.29, 1.82) is 0 Å². The normalized spacial score (nSPS) is 15.9. The van der Waals surface area contributed by atoms with Crippen molar-refractivity contribution in [3.05, 3.63) is 34.8 Å². The summed E-state index contributed by atoms with van der Waals surface area (Å²) in [5.41, 5.74) is 2.23. The minimum absolute atomic E-state index is 0.0860. The standard InChI is InChI=1S/C13H15N3O3/c1-9-2-3-10-12(16(9)18)8-11(14-10)13(17)15-4-6-19-7-5-15/h2-3,8,14H,4-7H2,1H3. The van der Waals surface area contributed by atoms with E-state index in [2.05, 4.69) is 4.98 Å². The maximum atomic E-state index is 12.3. The van der Waals surface area contributed by atoms with Gasteiger partial charge in [0, 0.05) is 32.1 Å². The summed E-state index contributed by atoms with van der Waals surface area (Å²) in [4.78, 5) is 17.0. The molecule has 1 fully saturated rings.